The van der Waals surface area contributed by atoms with Crippen molar-refractivity contribution < 1.29 is 13.9 Å². The highest BCUT2D eigenvalue weighted by Gasteiger charge is 2.46. The Hall–Kier alpha value is -3.34. The Bertz CT molecular complexity index is 1020. The third kappa shape index (κ3) is 2.71. The number of ether oxygens (including phenoxy) is 1. The molecule has 0 spiro atoms. The summed E-state index contributed by atoms with van der Waals surface area (Å²) in [7, 11) is 0. The van der Waals surface area contributed by atoms with Crippen molar-refractivity contribution in [2.75, 3.05) is 18.2 Å². The average Bonchev–Trinajstić information content (AvgIpc) is 3.14. The summed E-state index contributed by atoms with van der Waals surface area (Å²) in [6.07, 6.45) is 0. The van der Waals surface area contributed by atoms with Crippen LogP contribution < -0.4 is 9.75 Å². The van der Waals surface area contributed by atoms with Gasteiger partial charge in [-0.05, 0) is 36.4 Å². The highest BCUT2D eigenvalue weighted by atomic mass is 19.1. The van der Waals surface area contributed by atoms with Gasteiger partial charge < -0.3 is 4.74 Å². The second-order valence-electron chi connectivity index (χ2n) is 7.13. The Labute approximate surface area is 162 Å². The van der Waals surface area contributed by atoms with Crippen LogP contribution in [0.2, 0.25) is 0 Å². The van der Waals surface area contributed by atoms with Crippen LogP contribution in [-0.2, 0) is 0 Å². The van der Waals surface area contributed by atoms with E-state index in [1.165, 1.54) is 12.1 Å². The maximum Gasteiger partial charge on any atom is 0.272 e. The number of carbonyl (C=O) groups is 1. The molecule has 1 saturated heterocycles. The number of carbonyl (C=O) groups excluding carboxylic acids is 1. The van der Waals surface area contributed by atoms with Crippen LogP contribution in [0.1, 0.15) is 22.0 Å². The van der Waals surface area contributed by atoms with E-state index in [1.54, 1.807) is 17.1 Å². The summed E-state index contributed by atoms with van der Waals surface area (Å²) in [6.45, 7) is 1.06. The lowest BCUT2D eigenvalue weighted by Gasteiger charge is -2.37. The zero-order valence-electron chi connectivity index (χ0n) is 15.2. The highest BCUT2D eigenvalue weighted by Crippen LogP contribution is 2.46. The van der Waals surface area contributed by atoms with Gasteiger partial charge in [0.15, 0.2) is 0 Å². The third-order valence-electron chi connectivity index (χ3n) is 5.39. The molecule has 140 valence electrons. The Morgan fingerprint density at radius 2 is 1.75 bits per heavy atom. The number of hydrogen-bond acceptors (Lipinski definition) is 3. The number of hydrogen-bond donors (Lipinski definition) is 0. The first-order valence-corrected chi connectivity index (χ1v) is 9.36. The fourth-order valence-electron chi connectivity index (χ4n) is 4.17. The Morgan fingerprint density at radius 1 is 0.964 bits per heavy atom. The Kier molecular flexibility index (Phi) is 4.01. The zero-order valence-corrected chi connectivity index (χ0v) is 15.2. The molecule has 2 heterocycles. The van der Waals surface area contributed by atoms with Crippen LogP contribution in [0.4, 0.5) is 10.1 Å². The summed E-state index contributed by atoms with van der Waals surface area (Å²) in [5, 5.41) is 3.77. The second kappa shape index (κ2) is 6.68. The number of anilines is 1. The molecule has 0 bridgehead atoms. The summed E-state index contributed by atoms with van der Waals surface area (Å²) in [5.74, 6) is 0.356. The fraction of sp³-hybridized carbons (Fsp3) is 0.174. The minimum Gasteiger partial charge on any atom is -0.493 e. The number of amides is 1. The molecule has 4 nitrogen and oxygen atoms in total. The van der Waals surface area contributed by atoms with Gasteiger partial charge in [-0.25, -0.2) is 9.40 Å². The molecule has 0 N–H and O–H groups in total. The standard InChI is InChI=1S/C23H19FN2O2/c24-18-8-6-7-16(13-18)23(27)25-14-17-15-28-21-12-5-4-11-20(21)22(17)26(25)19-9-2-1-3-10-19/h1-13,17,22H,14-15H2/t17-,22-/m1/s1. The normalized spacial score (nSPS) is 20.3. The largest absolute Gasteiger partial charge is 0.493 e. The predicted octanol–water partition coefficient (Wildman–Crippen LogP) is 4.45. The zero-order chi connectivity index (χ0) is 19.1. The van der Waals surface area contributed by atoms with Gasteiger partial charge in [0, 0.05) is 17.0 Å². The van der Waals surface area contributed by atoms with Gasteiger partial charge in [0.25, 0.3) is 5.91 Å². The quantitative estimate of drug-likeness (QED) is 0.664. The molecular formula is C23H19FN2O2. The summed E-state index contributed by atoms with van der Waals surface area (Å²) >= 11 is 0. The van der Waals surface area contributed by atoms with E-state index in [0.29, 0.717) is 18.7 Å². The smallest absolute Gasteiger partial charge is 0.272 e. The van der Waals surface area contributed by atoms with Crippen LogP contribution in [0.5, 0.6) is 5.75 Å². The molecule has 1 amide bonds. The molecule has 0 aromatic heterocycles. The molecule has 3 aromatic rings. The molecule has 0 unspecified atom stereocenters. The van der Waals surface area contributed by atoms with Crippen molar-refractivity contribution in [2.24, 2.45) is 5.92 Å². The summed E-state index contributed by atoms with van der Waals surface area (Å²) in [6, 6.07) is 23.7. The first-order chi connectivity index (χ1) is 13.7. The van der Waals surface area contributed by atoms with Crippen LogP contribution in [-0.4, -0.2) is 24.1 Å². The molecule has 2 aliphatic rings. The lowest BCUT2D eigenvalue weighted by atomic mass is 9.91. The van der Waals surface area contributed by atoms with Gasteiger partial charge in [-0.3, -0.25) is 9.80 Å². The van der Waals surface area contributed by atoms with E-state index in [9.17, 15) is 9.18 Å². The maximum absolute atomic E-state index is 13.7. The van der Waals surface area contributed by atoms with E-state index in [2.05, 4.69) is 6.07 Å². The molecule has 3 aromatic carbocycles. The van der Waals surface area contributed by atoms with Gasteiger partial charge in [-0.15, -0.1) is 0 Å². The number of hydrazine groups is 1. The topological polar surface area (TPSA) is 32.8 Å². The first-order valence-electron chi connectivity index (χ1n) is 9.36. The van der Waals surface area contributed by atoms with Crippen LogP contribution >= 0.6 is 0 Å². The van der Waals surface area contributed by atoms with E-state index < -0.39 is 5.82 Å². The number of benzene rings is 3. The highest BCUT2D eigenvalue weighted by molar-refractivity contribution is 5.95. The van der Waals surface area contributed by atoms with Crippen molar-refractivity contribution in [3.63, 3.8) is 0 Å². The molecule has 1 fully saturated rings. The minimum atomic E-state index is -0.414. The molecule has 5 heteroatoms. The molecule has 2 aliphatic heterocycles. The second-order valence-corrected chi connectivity index (χ2v) is 7.13. The van der Waals surface area contributed by atoms with Crippen LogP contribution in [0.25, 0.3) is 0 Å². The van der Waals surface area contributed by atoms with E-state index in [-0.39, 0.29) is 17.9 Å². The van der Waals surface area contributed by atoms with Gasteiger partial charge in [-0.1, -0.05) is 42.5 Å². The van der Waals surface area contributed by atoms with Gasteiger partial charge in [0.2, 0.25) is 0 Å². The molecule has 28 heavy (non-hydrogen) atoms. The summed E-state index contributed by atoms with van der Waals surface area (Å²) in [5.41, 5.74) is 2.34. The van der Waals surface area contributed by atoms with Gasteiger partial charge in [0.1, 0.15) is 11.6 Å². The molecule has 0 radical (unpaired) electrons. The Balaban J connectivity index is 1.61. The molecule has 5 rings (SSSR count). The van der Waals surface area contributed by atoms with Gasteiger partial charge in [-0.2, -0.15) is 0 Å². The number of nitrogens with zero attached hydrogens (tertiary/aromatic N) is 2. The first kappa shape index (κ1) is 16.8. The average molecular weight is 374 g/mol. The SMILES string of the molecule is O=C(c1cccc(F)c1)N1C[C@@H]2COc3ccccc3[C@@H]2N1c1ccccc1. The van der Waals surface area contributed by atoms with Crippen molar-refractivity contribution in [2.45, 2.75) is 6.04 Å². The monoisotopic (exact) mass is 374 g/mol. The van der Waals surface area contributed by atoms with Crippen LogP contribution in [0.3, 0.4) is 0 Å². The minimum absolute atomic E-state index is 0.00939. The fourth-order valence-corrected chi connectivity index (χ4v) is 4.17. The maximum atomic E-state index is 13.7. The van der Waals surface area contributed by atoms with Crippen LogP contribution in [0.15, 0.2) is 78.9 Å². The van der Waals surface area contributed by atoms with Crippen molar-refractivity contribution >= 4 is 11.6 Å². The molecule has 0 aliphatic carbocycles. The van der Waals surface area contributed by atoms with Gasteiger partial charge >= 0.3 is 0 Å². The summed E-state index contributed by atoms with van der Waals surface area (Å²) in [4.78, 5) is 13.3. The third-order valence-corrected chi connectivity index (χ3v) is 5.39. The number of para-hydroxylation sites is 2. The van der Waals surface area contributed by atoms with E-state index >= 15 is 0 Å². The van der Waals surface area contributed by atoms with E-state index in [1.807, 2.05) is 53.5 Å². The predicted molar refractivity (Wildman–Crippen MR) is 105 cm³/mol. The van der Waals surface area contributed by atoms with Crippen molar-refractivity contribution in [1.82, 2.24) is 5.01 Å². The van der Waals surface area contributed by atoms with Crippen molar-refractivity contribution in [3.05, 3.63) is 95.8 Å². The van der Waals surface area contributed by atoms with E-state index in [4.69, 9.17) is 4.74 Å². The number of rotatable bonds is 2. The van der Waals surface area contributed by atoms with Crippen molar-refractivity contribution in [3.8, 4) is 5.75 Å². The van der Waals surface area contributed by atoms with Crippen molar-refractivity contribution in [1.29, 1.82) is 0 Å². The lowest BCUT2D eigenvalue weighted by molar-refractivity contribution is 0.0764. The summed E-state index contributed by atoms with van der Waals surface area (Å²) < 4.78 is 19.7. The van der Waals surface area contributed by atoms with Crippen LogP contribution in [0, 0.1) is 11.7 Å². The number of halogens is 1. The molecular weight excluding hydrogens is 355 g/mol. The Morgan fingerprint density at radius 3 is 2.57 bits per heavy atom. The molecule has 0 saturated carbocycles. The van der Waals surface area contributed by atoms with E-state index in [0.717, 1.165) is 17.0 Å². The molecule has 2 atom stereocenters. The lowest BCUT2D eigenvalue weighted by Crippen LogP contribution is -2.42. The van der Waals surface area contributed by atoms with Gasteiger partial charge in [0.05, 0.1) is 24.9 Å². The number of fused-ring (bicyclic) bond motifs is 3.